The molecule has 5 heteroatoms. The highest BCUT2D eigenvalue weighted by Gasteiger charge is 2.17. The molecule has 0 aliphatic rings. The van der Waals surface area contributed by atoms with Gasteiger partial charge in [0.15, 0.2) is 0 Å². The number of nitrogens with zero attached hydrogens (tertiary/aromatic N) is 4. The van der Waals surface area contributed by atoms with Crippen molar-refractivity contribution in [3.8, 4) is 6.07 Å². The van der Waals surface area contributed by atoms with Gasteiger partial charge in [0.25, 0.3) is 0 Å². The molecule has 0 spiro atoms. The van der Waals surface area contributed by atoms with Gasteiger partial charge < -0.3 is 0 Å². The SMILES string of the molecule is CC(C)CC(C#N)C(=O)N=[N+]=[N-]. The van der Waals surface area contributed by atoms with E-state index >= 15 is 0 Å². The third kappa shape index (κ3) is 3.59. The lowest BCUT2D eigenvalue weighted by molar-refractivity contribution is -0.120. The number of carbonyl (C=O) groups is 1. The van der Waals surface area contributed by atoms with Gasteiger partial charge in [-0.25, -0.2) is 0 Å². The van der Waals surface area contributed by atoms with Crippen molar-refractivity contribution in [2.45, 2.75) is 20.3 Å². The minimum Gasteiger partial charge on any atom is -0.291 e. The topological polar surface area (TPSA) is 89.6 Å². The van der Waals surface area contributed by atoms with Crippen LogP contribution < -0.4 is 0 Å². The predicted octanol–water partition coefficient (Wildman–Crippen LogP) is 2.01. The zero-order valence-corrected chi connectivity index (χ0v) is 7.06. The van der Waals surface area contributed by atoms with Crippen LogP contribution in [0, 0.1) is 23.2 Å². The molecule has 1 atom stereocenters. The molecular weight excluding hydrogens is 156 g/mol. The van der Waals surface area contributed by atoms with E-state index in [2.05, 4.69) is 10.0 Å². The first-order valence-corrected chi connectivity index (χ1v) is 3.60. The monoisotopic (exact) mass is 166 g/mol. The molecule has 1 unspecified atom stereocenters. The van der Waals surface area contributed by atoms with Crippen LogP contribution in [0.3, 0.4) is 0 Å². The lowest BCUT2D eigenvalue weighted by Gasteiger charge is -2.06. The Hall–Kier alpha value is -1.53. The quantitative estimate of drug-likeness (QED) is 0.364. The Morgan fingerprint density at radius 2 is 2.33 bits per heavy atom. The van der Waals surface area contributed by atoms with Gasteiger partial charge in [-0.2, -0.15) is 5.26 Å². The lowest BCUT2D eigenvalue weighted by atomic mass is 9.98. The van der Waals surface area contributed by atoms with E-state index in [1.54, 1.807) is 6.07 Å². The molecule has 0 N–H and O–H groups in total. The van der Waals surface area contributed by atoms with Crippen molar-refractivity contribution < 1.29 is 4.79 Å². The van der Waals surface area contributed by atoms with Crippen molar-refractivity contribution in [3.05, 3.63) is 10.4 Å². The van der Waals surface area contributed by atoms with Gasteiger partial charge in [-0.1, -0.05) is 13.8 Å². The van der Waals surface area contributed by atoms with Crippen molar-refractivity contribution in [2.75, 3.05) is 0 Å². The van der Waals surface area contributed by atoms with Crippen LogP contribution in [0.2, 0.25) is 0 Å². The first-order chi connectivity index (χ1) is 5.61. The molecule has 0 saturated carbocycles. The summed E-state index contributed by atoms with van der Waals surface area (Å²) in [4.78, 5) is 13.2. The average Bonchev–Trinajstić information content (AvgIpc) is 2.00. The van der Waals surface area contributed by atoms with Crippen LogP contribution in [-0.4, -0.2) is 5.91 Å². The highest BCUT2D eigenvalue weighted by Crippen LogP contribution is 2.12. The molecule has 0 aliphatic carbocycles. The van der Waals surface area contributed by atoms with E-state index in [-0.39, 0.29) is 5.92 Å². The van der Waals surface area contributed by atoms with Crippen LogP contribution >= 0.6 is 0 Å². The van der Waals surface area contributed by atoms with Crippen molar-refractivity contribution in [1.82, 2.24) is 0 Å². The number of rotatable bonds is 3. The fraction of sp³-hybridized carbons (Fsp3) is 0.714. The molecule has 1 amide bonds. The zero-order valence-electron chi connectivity index (χ0n) is 7.06. The summed E-state index contributed by atoms with van der Waals surface area (Å²) < 4.78 is 0. The minimum absolute atomic E-state index is 0.243. The summed E-state index contributed by atoms with van der Waals surface area (Å²) in [6, 6.07) is 1.80. The second kappa shape index (κ2) is 5.16. The van der Waals surface area contributed by atoms with Gasteiger partial charge >= 0.3 is 0 Å². The molecule has 0 fully saturated rings. The van der Waals surface area contributed by atoms with E-state index in [0.29, 0.717) is 6.42 Å². The molecule has 5 nitrogen and oxygen atoms in total. The summed E-state index contributed by atoms with van der Waals surface area (Å²) in [6.07, 6.45) is 0.439. The zero-order chi connectivity index (χ0) is 9.56. The van der Waals surface area contributed by atoms with Crippen LogP contribution in [0.5, 0.6) is 0 Å². The molecule has 0 radical (unpaired) electrons. The van der Waals surface area contributed by atoms with Gasteiger partial charge in [-0.15, -0.1) is 0 Å². The van der Waals surface area contributed by atoms with E-state index in [1.807, 2.05) is 13.8 Å². The average molecular weight is 166 g/mol. The summed E-state index contributed by atoms with van der Waals surface area (Å²) in [5.41, 5.74) is 7.94. The molecule has 64 valence electrons. The Kier molecular flexibility index (Phi) is 4.51. The molecule has 0 aromatic carbocycles. The number of azide groups is 1. The van der Waals surface area contributed by atoms with E-state index in [9.17, 15) is 4.79 Å². The van der Waals surface area contributed by atoms with Crippen LogP contribution in [0.25, 0.3) is 10.4 Å². The number of carbonyl (C=O) groups excluding carboxylic acids is 1. The minimum atomic E-state index is -0.791. The van der Waals surface area contributed by atoms with Gasteiger partial charge in [-0.05, 0) is 23.0 Å². The number of amides is 1. The van der Waals surface area contributed by atoms with Gasteiger partial charge in [0.2, 0.25) is 5.91 Å². The second-order valence-electron chi connectivity index (χ2n) is 2.84. The largest absolute Gasteiger partial charge is 0.291 e. The predicted molar refractivity (Wildman–Crippen MR) is 42.7 cm³/mol. The molecule has 12 heavy (non-hydrogen) atoms. The maximum Gasteiger partial charge on any atom is 0.236 e. The molecular formula is C7H10N4O. The maximum absolute atomic E-state index is 10.9. The number of nitriles is 1. The smallest absolute Gasteiger partial charge is 0.236 e. The second-order valence-corrected chi connectivity index (χ2v) is 2.84. The van der Waals surface area contributed by atoms with Gasteiger partial charge in [0.1, 0.15) is 5.92 Å². The van der Waals surface area contributed by atoms with Crippen LogP contribution in [0.4, 0.5) is 0 Å². The summed E-state index contributed by atoms with van der Waals surface area (Å²) >= 11 is 0. The van der Waals surface area contributed by atoms with E-state index < -0.39 is 11.8 Å². The third-order valence-corrected chi connectivity index (χ3v) is 1.30. The summed E-state index contributed by atoms with van der Waals surface area (Å²) in [7, 11) is 0. The van der Waals surface area contributed by atoms with Gasteiger partial charge in [0.05, 0.1) is 6.07 Å². The standard InChI is InChI=1S/C7H10N4O/c1-5(2)3-6(4-8)7(12)10-11-9/h5-6H,3H2,1-2H3. The van der Waals surface area contributed by atoms with Crippen molar-refractivity contribution >= 4 is 5.91 Å². The van der Waals surface area contributed by atoms with Crippen molar-refractivity contribution in [3.63, 3.8) is 0 Å². The third-order valence-electron chi connectivity index (χ3n) is 1.30. The first kappa shape index (κ1) is 10.5. The van der Waals surface area contributed by atoms with E-state index in [0.717, 1.165) is 0 Å². The Balaban J connectivity index is 4.27. The maximum atomic E-state index is 10.9. The summed E-state index contributed by atoms with van der Waals surface area (Å²) in [6.45, 7) is 3.79. The highest BCUT2D eigenvalue weighted by molar-refractivity contribution is 5.81. The van der Waals surface area contributed by atoms with Crippen molar-refractivity contribution in [2.24, 2.45) is 17.0 Å². The molecule has 0 bridgehead atoms. The van der Waals surface area contributed by atoms with E-state index in [4.69, 9.17) is 10.8 Å². The number of hydrogen-bond donors (Lipinski definition) is 0. The summed E-state index contributed by atoms with van der Waals surface area (Å²) in [5, 5.41) is 11.4. The fourth-order valence-electron chi connectivity index (χ4n) is 0.794. The van der Waals surface area contributed by atoms with Gasteiger partial charge in [-0.3, -0.25) is 4.79 Å². The van der Waals surface area contributed by atoms with Crippen LogP contribution in [0.1, 0.15) is 20.3 Å². The normalized spacial score (nSPS) is 11.5. The molecule has 0 aliphatic heterocycles. The van der Waals surface area contributed by atoms with Gasteiger partial charge in [0, 0.05) is 4.91 Å². The highest BCUT2D eigenvalue weighted by atomic mass is 16.1. The first-order valence-electron chi connectivity index (χ1n) is 3.60. The fourth-order valence-corrected chi connectivity index (χ4v) is 0.794. The Morgan fingerprint density at radius 1 is 1.75 bits per heavy atom. The van der Waals surface area contributed by atoms with Crippen molar-refractivity contribution in [1.29, 1.82) is 5.26 Å². The van der Waals surface area contributed by atoms with E-state index in [1.165, 1.54) is 0 Å². The van der Waals surface area contributed by atoms with Crippen LogP contribution in [-0.2, 0) is 4.79 Å². The Bertz CT molecular complexity index is 247. The molecule has 0 heterocycles. The molecule has 0 aromatic rings. The molecule has 0 aromatic heterocycles. The lowest BCUT2D eigenvalue weighted by Crippen LogP contribution is -2.11. The summed E-state index contributed by atoms with van der Waals surface area (Å²) in [5.74, 6) is -1.23. The Morgan fingerprint density at radius 3 is 2.67 bits per heavy atom. The van der Waals surface area contributed by atoms with Crippen LogP contribution in [0.15, 0.2) is 5.11 Å². The number of hydrogen-bond acceptors (Lipinski definition) is 2. The Labute approximate surface area is 70.6 Å². The molecule has 0 rings (SSSR count). The molecule has 0 saturated heterocycles.